The second-order valence-electron chi connectivity index (χ2n) is 4.62. The van der Waals surface area contributed by atoms with Gasteiger partial charge in [-0.25, -0.2) is 4.39 Å². The third-order valence-corrected chi connectivity index (χ3v) is 4.20. The molecule has 0 saturated carbocycles. The van der Waals surface area contributed by atoms with Crippen LogP contribution < -0.4 is 10.6 Å². The standard InChI is InChI=1S/C13H19FN2S/c1-9-8-16(5-6-17-9)13-4-3-11(14)7-12(13)10(2)15/h3-4,7,9-10H,5-6,8,15H2,1-2H3/t9?,10-/m1/s1. The van der Waals surface area contributed by atoms with Crippen LogP contribution in [0.15, 0.2) is 18.2 Å². The lowest BCUT2D eigenvalue weighted by Gasteiger charge is -2.34. The smallest absolute Gasteiger partial charge is 0.123 e. The Morgan fingerprint density at radius 1 is 1.53 bits per heavy atom. The van der Waals surface area contributed by atoms with E-state index in [9.17, 15) is 4.39 Å². The zero-order valence-corrected chi connectivity index (χ0v) is 11.1. The van der Waals surface area contributed by atoms with Crippen molar-refractivity contribution < 1.29 is 4.39 Å². The molecule has 1 unspecified atom stereocenters. The molecule has 1 aliphatic heterocycles. The van der Waals surface area contributed by atoms with Gasteiger partial charge in [0.15, 0.2) is 0 Å². The summed E-state index contributed by atoms with van der Waals surface area (Å²) in [5.41, 5.74) is 7.92. The third-order valence-electron chi connectivity index (χ3n) is 3.06. The Labute approximate surface area is 106 Å². The summed E-state index contributed by atoms with van der Waals surface area (Å²) in [5.74, 6) is 0.914. The van der Waals surface area contributed by atoms with Crippen molar-refractivity contribution in [2.45, 2.75) is 25.1 Å². The first-order valence-electron chi connectivity index (χ1n) is 5.99. The summed E-state index contributed by atoms with van der Waals surface area (Å²) < 4.78 is 13.3. The van der Waals surface area contributed by atoms with Gasteiger partial charge in [-0.15, -0.1) is 0 Å². The molecule has 0 bridgehead atoms. The van der Waals surface area contributed by atoms with Crippen LogP contribution in [0.2, 0.25) is 0 Å². The van der Waals surface area contributed by atoms with Crippen LogP contribution in [0.4, 0.5) is 10.1 Å². The van der Waals surface area contributed by atoms with Crippen LogP contribution in [0.3, 0.4) is 0 Å². The number of benzene rings is 1. The predicted molar refractivity (Wildman–Crippen MR) is 73.1 cm³/mol. The summed E-state index contributed by atoms with van der Waals surface area (Å²) in [7, 11) is 0. The highest BCUT2D eigenvalue weighted by Crippen LogP contribution is 2.30. The molecule has 1 fully saturated rings. The number of thioether (sulfide) groups is 1. The zero-order chi connectivity index (χ0) is 12.4. The van der Waals surface area contributed by atoms with Crippen LogP contribution in [0.25, 0.3) is 0 Å². The van der Waals surface area contributed by atoms with E-state index in [-0.39, 0.29) is 11.9 Å². The molecule has 0 aliphatic carbocycles. The van der Waals surface area contributed by atoms with E-state index in [1.807, 2.05) is 24.8 Å². The first-order chi connectivity index (χ1) is 8.08. The van der Waals surface area contributed by atoms with Gasteiger partial charge in [-0.3, -0.25) is 0 Å². The van der Waals surface area contributed by atoms with E-state index in [1.165, 1.54) is 6.07 Å². The van der Waals surface area contributed by atoms with Crippen molar-refractivity contribution in [3.63, 3.8) is 0 Å². The van der Waals surface area contributed by atoms with Crippen molar-refractivity contribution in [2.75, 3.05) is 23.7 Å². The van der Waals surface area contributed by atoms with Gasteiger partial charge in [0, 0.05) is 35.8 Å². The largest absolute Gasteiger partial charge is 0.369 e. The van der Waals surface area contributed by atoms with Crippen molar-refractivity contribution in [3.8, 4) is 0 Å². The van der Waals surface area contributed by atoms with E-state index >= 15 is 0 Å². The normalized spacial score (nSPS) is 22.6. The lowest BCUT2D eigenvalue weighted by molar-refractivity contribution is 0.621. The Morgan fingerprint density at radius 2 is 2.29 bits per heavy atom. The van der Waals surface area contributed by atoms with Gasteiger partial charge in [-0.2, -0.15) is 11.8 Å². The molecule has 1 heterocycles. The lowest BCUT2D eigenvalue weighted by Crippen LogP contribution is -2.37. The quantitative estimate of drug-likeness (QED) is 0.880. The van der Waals surface area contributed by atoms with Gasteiger partial charge in [0.2, 0.25) is 0 Å². The van der Waals surface area contributed by atoms with Crippen LogP contribution in [-0.2, 0) is 0 Å². The minimum absolute atomic E-state index is 0.134. The summed E-state index contributed by atoms with van der Waals surface area (Å²) in [6, 6.07) is 4.81. The summed E-state index contributed by atoms with van der Waals surface area (Å²) in [4.78, 5) is 2.32. The number of anilines is 1. The average molecular weight is 254 g/mol. The molecule has 2 atom stereocenters. The number of hydrogen-bond acceptors (Lipinski definition) is 3. The highest BCUT2D eigenvalue weighted by atomic mass is 32.2. The van der Waals surface area contributed by atoms with E-state index in [4.69, 9.17) is 5.73 Å². The van der Waals surface area contributed by atoms with Gasteiger partial charge in [-0.05, 0) is 30.7 Å². The highest BCUT2D eigenvalue weighted by molar-refractivity contribution is 8.00. The molecule has 17 heavy (non-hydrogen) atoms. The summed E-state index contributed by atoms with van der Waals surface area (Å²) in [6.07, 6.45) is 0. The molecule has 2 rings (SSSR count). The molecule has 0 radical (unpaired) electrons. The van der Waals surface area contributed by atoms with Crippen molar-refractivity contribution in [1.29, 1.82) is 0 Å². The molecule has 1 aliphatic rings. The number of nitrogens with two attached hydrogens (primary N) is 1. The van der Waals surface area contributed by atoms with Gasteiger partial charge in [0.1, 0.15) is 5.82 Å². The maximum atomic E-state index is 13.3. The first-order valence-corrected chi connectivity index (χ1v) is 7.04. The number of halogens is 1. The SMILES string of the molecule is CC1CN(c2ccc(F)cc2[C@@H](C)N)CCS1. The molecule has 0 amide bonds. The molecule has 0 aromatic heterocycles. The Balaban J connectivity index is 2.30. The Kier molecular flexibility index (Phi) is 3.94. The number of nitrogens with zero attached hydrogens (tertiary/aromatic N) is 1. The van der Waals surface area contributed by atoms with Crippen molar-refractivity contribution in [3.05, 3.63) is 29.6 Å². The topological polar surface area (TPSA) is 29.3 Å². The zero-order valence-electron chi connectivity index (χ0n) is 10.3. The van der Waals surface area contributed by atoms with E-state index in [0.29, 0.717) is 5.25 Å². The maximum Gasteiger partial charge on any atom is 0.123 e. The second-order valence-corrected chi connectivity index (χ2v) is 6.17. The van der Waals surface area contributed by atoms with Crippen LogP contribution in [0.5, 0.6) is 0 Å². The maximum absolute atomic E-state index is 13.3. The van der Waals surface area contributed by atoms with Gasteiger partial charge in [0.05, 0.1) is 0 Å². The monoisotopic (exact) mass is 254 g/mol. The minimum Gasteiger partial charge on any atom is -0.369 e. The van der Waals surface area contributed by atoms with Crippen molar-refractivity contribution in [2.24, 2.45) is 5.73 Å². The van der Waals surface area contributed by atoms with Crippen molar-refractivity contribution >= 4 is 17.4 Å². The van der Waals surface area contributed by atoms with E-state index in [1.54, 1.807) is 6.07 Å². The molecule has 1 saturated heterocycles. The fourth-order valence-corrected chi connectivity index (χ4v) is 3.23. The molecule has 1 aromatic rings. The number of hydrogen-bond donors (Lipinski definition) is 1. The van der Waals surface area contributed by atoms with Crippen LogP contribution >= 0.6 is 11.8 Å². The molecule has 94 valence electrons. The van der Waals surface area contributed by atoms with Gasteiger partial charge in [-0.1, -0.05) is 6.92 Å². The highest BCUT2D eigenvalue weighted by Gasteiger charge is 2.20. The minimum atomic E-state index is -0.208. The summed E-state index contributed by atoms with van der Waals surface area (Å²) in [6.45, 7) is 6.16. The van der Waals surface area contributed by atoms with E-state index in [0.717, 1.165) is 30.1 Å². The molecule has 2 nitrogen and oxygen atoms in total. The molecule has 4 heteroatoms. The Bertz CT molecular complexity index is 395. The fourth-order valence-electron chi connectivity index (χ4n) is 2.22. The number of rotatable bonds is 2. The summed E-state index contributed by atoms with van der Waals surface area (Å²) in [5, 5.41) is 0.620. The van der Waals surface area contributed by atoms with E-state index in [2.05, 4.69) is 11.8 Å². The Hall–Kier alpha value is -0.740. The third kappa shape index (κ3) is 2.93. The van der Waals surface area contributed by atoms with Gasteiger partial charge in [0.25, 0.3) is 0 Å². The van der Waals surface area contributed by atoms with E-state index < -0.39 is 0 Å². The predicted octanol–water partition coefficient (Wildman–Crippen LogP) is 2.79. The molecular weight excluding hydrogens is 235 g/mol. The van der Waals surface area contributed by atoms with Crippen molar-refractivity contribution in [1.82, 2.24) is 0 Å². The first kappa shape index (κ1) is 12.7. The average Bonchev–Trinajstić information content (AvgIpc) is 2.28. The molecule has 0 spiro atoms. The van der Waals surface area contributed by atoms with Crippen LogP contribution in [0, 0.1) is 5.82 Å². The molecular formula is C13H19FN2S. The van der Waals surface area contributed by atoms with Crippen LogP contribution in [0.1, 0.15) is 25.5 Å². The van der Waals surface area contributed by atoms with Gasteiger partial charge >= 0.3 is 0 Å². The summed E-state index contributed by atoms with van der Waals surface area (Å²) >= 11 is 1.99. The second kappa shape index (κ2) is 5.27. The van der Waals surface area contributed by atoms with Crippen LogP contribution in [-0.4, -0.2) is 24.1 Å². The Morgan fingerprint density at radius 3 is 2.94 bits per heavy atom. The van der Waals surface area contributed by atoms with Gasteiger partial charge < -0.3 is 10.6 Å². The molecule has 2 N–H and O–H groups in total. The lowest BCUT2D eigenvalue weighted by atomic mass is 10.1. The fraction of sp³-hybridized carbons (Fsp3) is 0.538. The molecule has 1 aromatic carbocycles.